The zero-order chi connectivity index (χ0) is 13.8. The molecule has 2 N–H and O–H groups in total. The first-order valence-corrected chi connectivity index (χ1v) is 6.38. The van der Waals surface area contributed by atoms with Gasteiger partial charge in [-0.1, -0.05) is 18.2 Å². The van der Waals surface area contributed by atoms with Crippen molar-refractivity contribution < 1.29 is 14.3 Å². The molecule has 0 unspecified atom stereocenters. The average molecular weight is 262 g/mol. The second-order valence-corrected chi connectivity index (χ2v) is 4.86. The Balaban J connectivity index is 1.82. The summed E-state index contributed by atoms with van der Waals surface area (Å²) in [5, 5.41) is 5.30. The van der Waals surface area contributed by atoms with Crippen LogP contribution in [0.4, 0.5) is 0 Å². The van der Waals surface area contributed by atoms with E-state index in [0.29, 0.717) is 6.42 Å². The molecule has 1 atom stereocenters. The first kappa shape index (κ1) is 13.4. The minimum absolute atomic E-state index is 0.0206. The summed E-state index contributed by atoms with van der Waals surface area (Å²) in [6.07, 6.45) is 0.0117. The van der Waals surface area contributed by atoms with Gasteiger partial charge < -0.3 is 15.4 Å². The van der Waals surface area contributed by atoms with Crippen LogP contribution in [0.25, 0.3) is 0 Å². The number of amides is 2. The third kappa shape index (κ3) is 3.47. The summed E-state index contributed by atoms with van der Waals surface area (Å²) in [6, 6.07) is 7.63. The highest BCUT2D eigenvalue weighted by atomic mass is 16.5. The number of carbonyl (C=O) groups is 2. The molecular weight excluding hydrogens is 244 g/mol. The Morgan fingerprint density at radius 2 is 2.11 bits per heavy atom. The third-order valence-corrected chi connectivity index (χ3v) is 2.81. The zero-order valence-electron chi connectivity index (χ0n) is 11.1. The number of para-hydroxylation sites is 1. The Morgan fingerprint density at radius 1 is 1.37 bits per heavy atom. The average Bonchev–Trinajstić information content (AvgIpc) is 2.78. The van der Waals surface area contributed by atoms with E-state index in [0.717, 1.165) is 11.3 Å². The highest BCUT2D eigenvalue weighted by Crippen LogP contribution is 2.27. The summed E-state index contributed by atoms with van der Waals surface area (Å²) < 4.78 is 5.54. The standard InChI is InChI=1S/C14H18N2O3/c1-9(2)16-13(17)8-15-14(18)12-7-10-5-3-4-6-11(10)19-12/h3-6,9,12H,7-8H2,1-2H3,(H,15,18)(H,16,17)/t12-/m1/s1. The summed E-state index contributed by atoms with van der Waals surface area (Å²) in [5.74, 6) is 0.295. The van der Waals surface area contributed by atoms with Crippen LogP contribution in [0.5, 0.6) is 5.75 Å². The van der Waals surface area contributed by atoms with Crippen LogP contribution in [0.1, 0.15) is 19.4 Å². The highest BCUT2D eigenvalue weighted by molar-refractivity contribution is 5.87. The van der Waals surface area contributed by atoms with Gasteiger partial charge in [-0.2, -0.15) is 0 Å². The van der Waals surface area contributed by atoms with Crippen LogP contribution in [0.2, 0.25) is 0 Å². The van der Waals surface area contributed by atoms with Crippen LogP contribution in [0.15, 0.2) is 24.3 Å². The molecule has 1 aliphatic heterocycles. The fraction of sp³-hybridized carbons (Fsp3) is 0.429. The SMILES string of the molecule is CC(C)NC(=O)CNC(=O)[C@H]1Cc2ccccc2O1. The first-order chi connectivity index (χ1) is 9.06. The normalized spacial score (nSPS) is 16.7. The van der Waals surface area contributed by atoms with Gasteiger partial charge in [0.1, 0.15) is 5.75 Å². The monoisotopic (exact) mass is 262 g/mol. The second-order valence-electron chi connectivity index (χ2n) is 4.86. The minimum Gasteiger partial charge on any atom is -0.480 e. The largest absolute Gasteiger partial charge is 0.480 e. The van der Waals surface area contributed by atoms with Crippen molar-refractivity contribution in [2.45, 2.75) is 32.4 Å². The molecule has 0 spiro atoms. The molecule has 1 heterocycles. The molecule has 1 aromatic rings. The maximum absolute atomic E-state index is 11.9. The molecule has 0 radical (unpaired) electrons. The van der Waals surface area contributed by atoms with E-state index in [1.807, 2.05) is 38.1 Å². The van der Waals surface area contributed by atoms with Gasteiger partial charge in [-0.05, 0) is 25.5 Å². The van der Waals surface area contributed by atoms with Crippen LogP contribution >= 0.6 is 0 Å². The van der Waals surface area contributed by atoms with Crippen molar-refractivity contribution in [3.8, 4) is 5.75 Å². The predicted molar refractivity (Wildman–Crippen MR) is 70.9 cm³/mol. The quantitative estimate of drug-likeness (QED) is 0.836. The van der Waals surface area contributed by atoms with Crippen molar-refractivity contribution in [1.82, 2.24) is 10.6 Å². The molecule has 1 aliphatic rings. The number of rotatable bonds is 4. The fourth-order valence-electron chi connectivity index (χ4n) is 1.98. The van der Waals surface area contributed by atoms with Gasteiger partial charge in [0.25, 0.3) is 5.91 Å². The number of nitrogens with one attached hydrogen (secondary N) is 2. The Kier molecular flexibility index (Phi) is 4.04. The number of ether oxygens (including phenoxy) is 1. The van der Waals surface area contributed by atoms with Gasteiger partial charge in [0, 0.05) is 12.5 Å². The Bertz CT molecular complexity index is 460. The Morgan fingerprint density at radius 3 is 2.79 bits per heavy atom. The van der Waals surface area contributed by atoms with E-state index in [4.69, 9.17) is 4.74 Å². The second kappa shape index (κ2) is 5.73. The van der Waals surface area contributed by atoms with E-state index in [-0.39, 0.29) is 24.4 Å². The summed E-state index contributed by atoms with van der Waals surface area (Å²) in [6.45, 7) is 3.72. The molecule has 0 fully saturated rings. The molecule has 0 aliphatic carbocycles. The van der Waals surface area contributed by atoms with Crippen LogP contribution in [-0.4, -0.2) is 30.5 Å². The van der Waals surface area contributed by atoms with E-state index < -0.39 is 6.10 Å². The zero-order valence-corrected chi connectivity index (χ0v) is 11.1. The molecule has 0 saturated heterocycles. The molecule has 0 aromatic heterocycles. The molecule has 5 heteroatoms. The van der Waals surface area contributed by atoms with Gasteiger partial charge in [-0.3, -0.25) is 9.59 Å². The smallest absolute Gasteiger partial charge is 0.261 e. The van der Waals surface area contributed by atoms with Gasteiger partial charge in [-0.15, -0.1) is 0 Å². The van der Waals surface area contributed by atoms with Crippen molar-refractivity contribution in [1.29, 1.82) is 0 Å². The van der Waals surface area contributed by atoms with Crippen LogP contribution in [-0.2, 0) is 16.0 Å². The number of hydrogen-bond donors (Lipinski definition) is 2. The summed E-state index contributed by atoms with van der Waals surface area (Å²) in [4.78, 5) is 23.3. The molecule has 2 rings (SSSR count). The number of carbonyl (C=O) groups excluding carboxylic acids is 2. The lowest BCUT2D eigenvalue weighted by Crippen LogP contribution is -2.44. The van der Waals surface area contributed by atoms with Crippen LogP contribution < -0.4 is 15.4 Å². The fourth-order valence-corrected chi connectivity index (χ4v) is 1.98. The first-order valence-electron chi connectivity index (χ1n) is 6.38. The lowest BCUT2D eigenvalue weighted by atomic mass is 10.1. The molecule has 5 nitrogen and oxygen atoms in total. The summed E-state index contributed by atoms with van der Waals surface area (Å²) in [7, 11) is 0. The van der Waals surface area contributed by atoms with Gasteiger partial charge in [0.05, 0.1) is 6.54 Å². The molecule has 0 saturated carbocycles. The van der Waals surface area contributed by atoms with Crippen molar-refractivity contribution >= 4 is 11.8 Å². The lowest BCUT2D eigenvalue weighted by molar-refractivity contribution is -0.130. The van der Waals surface area contributed by atoms with Crippen LogP contribution in [0, 0.1) is 0 Å². The summed E-state index contributed by atoms with van der Waals surface area (Å²) >= 11 is 0. The number of fused-ring (bicyclic) bond motifs is 1. The van der Waals surface area contributed by atoms with E-state index in [2.05, 4.69) is 10.6 Å². The Labute approximate surface area is 112 Å². The minimum atomic E-state index is -0.538. The number of benzene rings is 1. The highest BCUT2D eigenvalue weighted by Gasteiger charge is 2.28. The van der Waals surface area contributed by atoms with Crippen molar-refractivity contribution in [2.75, 3.05) is 6.54 Å². The summed E-state index contributed by atoms with van der Waals surface area (Å²) in [5.41, 5.74) is 1.02. The number of hydrogen-bond acceptors (Lipinski definition) is 3. The predicted octanol–water partition coefficient (Wildman–Crippen LogP) is 0.631. The molecule has 102 valence electrons. The van der Waals surface area contributed by atoms with E-state index in [1.54, 1.807) is 0 Å². The van der Waals surface area contributed by atoms with Crippen molar-refractivity contribution in [2.24, 2.45) is 0 Å². The van der Waals surface area contributed by atoms with E-state index in [1.165, 1.54) is 0 Å². The maximum atomic E-state index is 11.9. The molecule has 0 bridgehead atoms. The molecule has 19 heavy (non-hydrogen) atoms. The Hall–Kier alpha value is -2.04. The lowest BCUT2D eigenvalue weighted by Gasteiger charge is -2.12. The third-order valence-electron chi connectivity index (χ3n) is 2.81. The van der Waals surface area contributed by atoms with E-state index in [9.17, 15) is 9.59 Å². The van der Waals surface area contributed by atoms with Gasteiger partial charge in [0.2, 0.25) is 5.91 Å². The topological polar surface area (TPSA) is 67.4 Å². The van der Waals surface area contributed by atoms with Crippen molar-refractivity contribution in [3.63, 3.8) is 0 Å². The van der Waals surface area contributed by atoms with Crippen LogP contribution in [0.3, 0.4) is 0 Å². The van der Waals surface area contributed by atoms with Gasteiger partial charge in [-0.25, -0.2) is 0 Å². The van der Waals surface area contributed by atoms with Crippen molar-refractivity contribution in [3.05, 3.63) is 29.8 Å². The molecular formula is C14H18N2O3. The molecule has 2 amide bonds. The van der Waals surface area contributed by atoms with E-state index >= 15 is 0 Å². The van der Waals surface area contributed by atoms with Gasteiger partial charge in [0.15, 0.2) is 6.10 Å². The molecule has 1 aromatic carbocycles. The van der Waals surface area contributed by atoms with Gasteiger partial charge >= 0.3 is 0 Å². The maximum Gasteiger partial charge on any atom is 0.261 e.